The highest BCUT2D eigenvalue weighted by molar-refractivity contribution is 7.89. The monoisotopic (exact) mass is 505 g/mol. The van der Waals surface area contributed by atoms with Gasteiger partial charge < -0.3 is 15.4 Å². The van der Waals surface area contributed by atoms with Crippen molar-refractivity contribution in [2.24, 2.45) is 5.92 Å². The van der Waals surface area contributed by atoms with Crippen molar-refractivity contribution >= 4 is 27.5 Å². The van der Waals surface area contributed by atoms with Gasteiger partial charge in [-0.05, 0) is 94.5 Å². The molecule has 2 aromatic carbocycles. The van der Waals surface area contributed by atoms with Gasteiger partial charge in [-0.3, -0.25) is 9.59 Å². The topological polar surface area (TPSA) is 114 Å². The first-order valence-electron chi connectivity index (χ1n) is 11.5. The highest BCUT2D eigenvalue weighted by Crippen LogP contribution is 2.22. The molecule has 8 nitrogen and oxygen atoms in total. The zero-order chi connectivity index (χ0) is 25.6. The summed E-state index contributed by atoms with van der Waals surface area (Å²) in [6.45, 7) is 6.45. The number of hydrogen-bond acceptors (Lipinski definition) is 5. The van der Waals surface area contributed by atoms with E-state index in [0.29, 0.717) is 25.3 Å². The number of halogens is 1. The van der Waals surface area contributed by atoms with E-state index < -0.39 is 39.2 Å². The summed E-state index contributed by atoms with van der Waals surface area (Å²) in [6.07, 6.45) is 1.98. The second-order valence-corrected chi connectivity index (χ2v) is 11.4. The predicted molar refractivity (Wildman–Crippen MR) is 131 cm³/mol. The Morgan fingerprint density at radius 2 is 1.63 bits per heavy atom. The van der Waals surface area contributed by atoms with Gasteiger partial charge in [0, 0.05) is 30.0 Å². The fourth-order valence-corrected chi connectivity index (χ4v) is 5.22. The molecular formula is C25H32FN3O5S. The third kappa shape index (κ3) is 8.12. The van der Waals surface area contributed by atoms with Crippen molar-refractivity contribution in [1.29, 1.82) is 0 Å². The van der Waals surface area contributed by atoms with E-state index in [1.807, 2.05) is 0 Å². The third-order valence-corrected chi connectivity index (χ3v) is 7.28. The van der Waals surface area contributed by atoms with Gasteiger partial charge in [0.25, 0.3) is 5.91 Å². The minimum atomic E-state index is -3.71. The Labute approximate surface area is 205 Å². The number of carbonyl (C=O) groups excluding carboxylic acids is 2. The van der Waals surface area contributed by atoms with Crippen LogP contribution in [-0.2, 0) is 19.6 Å². The molecule has 0 aliphatic carbocycles. The van der Waals surface area contributed by atoms with Crippen LogP contribution in [0, 0.1) is 11.7 Å². The molecule has 1 aliphatic heterocycles. The number of nitrogens with one attached hydrogen (secondary N) is 3. The van der Waals surface area contributed by atoms with Gasteiger partial charge in [0.2, 0.25) is 15.9 Å². The lowest BCUT2D eigenvalue weighted by Crippen LogP contribution is -2.45. The molecule has 0 saturated carbocycles. The van der Waals surface area contributed by atoms with Gasteiger partial charge in [-0.2, -0.15) is 0 Å². The van der Waals surface area contributed by atoms with Crippen LogP contribution >= 0.6 is 0 Å². The Balaban J connectivity index is 1.72. The van der Waals surface area contributed by atoms with Gasteiger partial charge in [-0.15, -0.1) is 0 Å². The van der Waals surface area contributed by atoms with Gasteiger partial charge in [0.05, 0.1) is 4.90 Å². The quantitative estimate of drug-likeness (QED) is 0.509. The minimum absolute atomic E-state index is 0.0776. The minimum Gasteiger partial charge on any atom is -0.381 e. The maximum atomic E-state index is 13.2. The van der Waals surface area contributed by atoms with E-state index in [9.17, 15) is 22.4 Å². The van der Waals surface area contributed by atoms with E-state index in [1.165, 1.54) is 48.5 Å². The van der Waals surface area contributed by atoms with Crippen LogP contribution in [-0.4, -0.2) is 45.0 Å². The summed E-state index contributed by atoms with van der Waals surface area (Å²) >= 11 is 0. The molecule has 1 aliphatic rings. The van der Waals surface area contributed by atoms with Gasteiger partial charge in [0.1, 0.15) is 11.9 Å². The summed E-state index contributed by atoms with van der Waals surface area (Å²) < 4.78 is 46.2. The standard InChI is InChI=1S/C25H32FN3O5S/c1-25(2,3)29-35(32,33)21-10-8-20(9-11-21)27-24(31)22(16-17-12-14-34-15-13-17)28-23(30)18-4-6-19(26)7-5-18/h4-11,17,22,29H,12-16H2,1-3H3,(H,27,31)(H,28,30)/t22-/m0/s1. The number of rotatable bonds is 8. The first kappa shape index (κ1) is 26.8. The van der Waals surface area contributed by atoms with Crippen LogP contribution in [0.2, 0.25) is 0 Å². The molecule has 3 N–H and O–H groups in total. The normalized spacial score (nSPS) is 15.9. The molecule has 2 amide bonds. The molecule has 35 heavy (non-hydrogen) atoms. The van der Waals surface area contributed by atoms with Crippen LogP contribution < -0.4 is 15.4 Å². The Kier molecular flexibility index (Phi) is 8.63. The van der Waals surface area contributed by atoms with E-state index in [4.69, 9.17) is 4.74 Å². The lowest BCUT2D eigenvalue weighted by atomic mass is 9.92. The van der Waals surface area contributed by atoms with E-state index in [-0.39, 0.29) is 16.4 Å². The molecule has 0 unspecified atom stereocenters. The summed E-state index contributed by atoms with van der Waals surface area (Å²) in [7, 11) is -3.71. The van der Waals surface area contributed by atoms with Crippen LogP contribution in [0.25, 0.3) is 0 Å². The number of anilines is 1. The van der Waals surface area contributed by atoms with Crippen LogP contribution in [0.5, 0.6) is 0 Å². The van der Waals surface area contributed by atoms with Crippen LogP contribution in [0.3, 0.4) is 0 Å². The van der Waals surface area contributed by atoms with Crippen molar-refractivity contribution < 1.29 is 27.1 Å². The first-order chi connectivity index (χ1) is 16.4. The summed E-state index contributed by atoms with van der Waals surface area (Å²) in [6, 6.07) is 10.1. The molecule has 2 aromatic rings. The van der Waals surface area contributed by atoms with E-state index in [0.717, 1.165) is 12.8 Å². The molecule has 0 aromatic heterocycles. The number of sulfonamides is 1. The zero-order valence-corrected chi connectivity index (χ0v) is 21.0. The molecule has 0 bridgehead atoms. The predicted octanol–water partition coefficient (Wildman–Crippen LogP) is 3.46. The average molecular weight is 506 g/mol. The smallest absolute Gasteiger partial charge is 0.251 e. The molecule has 0 spiro atoms. The number of carbonyl (C=O) groups is 2. The second-order valence-electron chi connectivity index (χ2n) is 9.69. The lowest BCUT2D eigenvalue weighted by molar-refractivity contribution is -0.118. The summed E-state index contributed by atoms with van der Waals surface area (Å²) in [5.74, 6) is -1.16. The molecule has 10 heteroatoms. The zero-order valence-electron chi connectivity index (χ0n) is 20.1. The van der Waals surface area contributed by atoms with Crippen molar-refractivity contribution in [3.8, 4) is 0 Å². The number of benzene rings is 2. The Morgan fingerprint density at radius 1 is 1.03 bits per heavy atom. The first-order valence-corrected chi connectivity index (χ1v) is 13.0. The average Bonchev–Trinajstić information content (AvgIpc) is 2.78. The molecule has 190 valence electrons. The van der Waals surface area contributed by atoms with Gasteiger partial charge in [0.15, 0.2) is 0 Å². The van der Waals surface area contributed by atoms with Gasteiger partial charge in [-0.1, -0.05) is 0 Å². The fourth-order valence-electron chi connectivity index (χ4n) is 3.80. The van der Waals surface area contributed by atoms with Crippen LogP contribution in [0.1, 0.15) is 50.4 Å². The highest BCUT2D eigenvalue weighted by atomic mass is 32.2. The van der Waals surface area contributed by atoms with Gasteiger partial charge in [-0.25, -0.2) is 17.5 Å². The number of amides is 2. The number of ether oxygens (including phenoxy) is 1. The number of hydrogen-bond donors (Lipinski definition) is 3. The third-order valence-electron chi connectivity index (χ3n) is 5.51. The summed E-state index contributed by atoms with van der Waals surface area (Å²) in [5, 5.41) is 5.53. The molecule has 1 saturated heterocycles. The van der Waals surface area contributed by atoms with Crippen molar-refractivity contribution in [3.63, 3.8) is 0 Å². The molecule has 1 heterocycles. The van der Waals surface area contributed by atoms with E-state index >= 15 is 0 Å². The molecule has 1 atom stereocenters. The van der Waals surface area contributed by atoms with E-state index in [2.05, 4.69) is 15.4 Å². The SMILES string of the molecule is CC(C)(C)NS(=O)(=O)c1ccc(NC(=O)[C@H](CC2CCOCC2)NC(=O)c2ccc(F)cc2)cc1. The van der Waals surface area contributed by atoms with Crippen LogP contribution in [0.4, 0.5) is 10.1 Å². The van der Waals surface area contributed by atoms with Crippen molar-refractivity contribution in [1.82, 2.24) is 10.0 Å². The largest absolute Gasteiger partial charge is 0.381 e. The Hall–Kier alpha value is -2.82. The van der Waals surface area contributed by atoms with E-state index in [1.54, 1.807) is 20.8 Å². The summed E-state index contributed by atoms with van der Waals surface area (Å²) in [5.41, 5.74) is 0.0149. The van der Waals surface area contributed by atoms with Crippen molar-refractivity contribution in [2.45, 2.75) is 56.5 Å². The highest BCUT2D eigenvalue weighted by Gasteiger charge is 2.27. The van der Waals surface area contributed by atoms with Gasteiger partial charge >= 0.3 is 0 Å². The summed E-state index contributed by atoms with van der Waals surface area (Å²) in [4.78, 5) is 25.9. The Morgan fingerprint density at radius 3 is 2.20 bits per heavy atom. The maximum Gasteiger partial charge on any atom is 0.251 e. The lowest BCUT2D eigenvalue weighted by Gasteiger charge is -2.27. The molecule has 0 radical (unpaired) electrons. The fraction of sp³-hybridized carbons (Fsp3) is 0.440. The Bertz CT molecular complexity index is 1120. The molecule has 1 fully saturated rings. The molecular weight excluding hydrogens is 473 g/mol. The maximum absolute atomic E-state index is 13.2. The molecule has 3 rings (SSSR count). The van der Waals surface area contributed by atoms with Crippen LogP contribution in [0.15, 0.2) is 53.4 Å². The van der Waals surface area contributed by atoms with Crippen molar-refractivity contribution in [3.05, 3.63) is 59.9 Å². The second kappa shape index (κ2) is 11.3. The van der Waals surface area contributed by atoms with Crippen molar-refractivity contribution in [2.75, 3.05) is 18.5 Å².